The molecule has 1 aromatic heterocycles. The lowest BCUT2D eigenvalue weighted by Crippen LogP contribution is -2.37. The Bertz CT molecular complexity index is 925. The van der Waals surface area contributed by atoms with Crippen LogP contribution in [0.15, 0.2) is 72.0 Å². The number of hydrogen-bond acceptors (Lipinski definition) is 3. The smallest absolute Gasteiger partial charge is 0.191 e. The van der Waals surface area contributed by atoms with E-state index in [1.54, 1.807) is 20.4 Å². The summed E-state index contributed by atoms with van der Waals surface area (Å²) in [6.07, 6.45) is 4.80. The fourth-order valence-electron chi connectivity index (χ4n) is 3.33. The number of aliphatic imine (C=N–C) groups is 1. The number of nitrogens with one attached hydrogen (secondary N) is 2. The molecule has 0 saturated carbocycles. The second kappa shape index (κ2) is 13.0. The van der Waals surface area contributed by atoms with Crippen LogP contribution in [0.4, 0.5) is 0 Å². The normalized spacial score (nSPS) is 12.0. The molecular formula is C24H32IN5O. The van der Waals surface area contributed by atoms with Crippen LogP contribution in [0.1, 0.15) is 36.0 Å². The summed E-state index contributed by atoms with van der Waals surface area (Å²) in [4.78, 5) is 4.34. The highest BCUT2D eigenvalue weighted by molar-refractivity contribution is 14.0. The zero-order valence-corrected chi connectivity index (χ0v) is 20.7. The fraction of sp³-hybridized carbons (Fsp3) is 0.333. The minimum atomic E-state index is 0. The highest BCUT2D eigenvalue weighted by atomic mass is 127. The van der Waals surface area contributed by atoms with Gasteiger partial charge in [0, 0.05) is 32.5 Å². The number of methoxy groups -OCH3 is 1. The van der Waals surface area contributed by atoms with E-state index in [-0.39, 0.29) is 24.0 Å². The van der Waals surface area contributed by atoms with Crippen molar-refractivity contribution in [2.24, 2.45) is 4.99 Å². The topological polar surface area (TPSA) is 63.5 Å². The van der Waals surface area contributed by atoms with E-state index in [4.69, 9.17) is 4.74 Å². The molecule has 0 aliphatic rings. The van der Waals surface area contributed by atoms with Crippen LogP contribution in [0, 0.1) is 0 Å². The van der Waals surface area contributed by atoms with Gasteiger partial charge in [-0.05, 0) is 47.2 Å². The Labute approximate surface area is 202 Å². The standard InChI is InChI=1S/C24H31N5O.HI/c1-19(22-8-10-23(30-3)11-9-22)12-14-26-24(25-2)27-17-20-6-4-7-21(16-20)18-29-15-5-13-28-29;/h4-11,13,15-16,19H,12,14,17-18H2,1-3H3,(H2,25,26,27);1H. The lowest BCUT2D eigenvalue weighted by molar-refractivity contribution is 0.414. The van der Waals surface area contributed by atoms with Crippen LogP contribution in [-0.2, 0) is 13.1 Å². The van der Waals surface area contributed by atoms with Gasteiger partial charge < -0.3 is 15.4 Å². The van der Waals surface area contributed by atoms with E-state index in [1.807, 2.05) is 29.1 Å². The van der Waals surface area contributed by atoms with Crippen LogP contribution in [-0.4, -0.2) is 36.4 Å². The molecule has 166 valence electrons. The van der Waals surface area contributed by atoms with Crippen molar-refractivity contribution in [3.8, 4) is 5.75 Å². The largest absolute Gasteiger partial charge is 0.497 e. The van der Waals surface area contributed by atoms with Crippen molar-refractivity contribution in [1.29, 1.82) is 0 Å². The van der Waals surface area contributed by atoms with Crippen LogP contribution in [0.3, 0.4) is 0 Å². The lowest BCUT2D eigenvalue weighted by Gasteiger charge is -2.16. The number of ether oxygens (including phenoxy) is 1. The maximum absolute atomic E-state index is 5.23. The second-order valence-corrected chi connectivity index (χ2v) is 7.34. The zero-order chi connectivity index (χ0) is 21.2. The maximum atomic E-state index is 5.23. The van der Waals surface area contributed by atoms with Gasteiger partial charge in [0.1, 0.15) is 5.75 Å². The van der Waals surface area contributed by atoms with E-state index in [2.05, 4.69) is 64.0 Å². The minimum Gasteiger partial charge on any atom is -0.497 e. The molecule has 0 fully saturated rings. The molecule has 0 aliphatic heterocycles. The van der Waals surface area contributed by atoms with Gasteiger partial charge in [0.05, 0.1) is 13.7 Å². The van der Waals surface area contributed by atoms with E-state index in [9.17, 15) is 0 Å². The van der Waals surface area contributed by atoms with Crippen LogP contribution in [0.5, 0.6) is 5.75 Å². The van der Waals surface area contributed by atoms with Gasteiger partial charge in [-0.2, -0.15) is 5.10 Å². The van der Waals surface area contributed by atoms with Crippen LogP contribution in [0.2, 0.25) is 0 Å². The maximum Gasteiger partial charge on any atom is 0.191 e. The van der Waals surface area contributed by atoms with E-state index in [1.165, 1.54) is 16.7 Å². The summed E-state index contributed by atoms with van der Waals surface area (Å²) in [7, 11) is 3.49. The molecule has 1 heterocycles. The van der Waals surface area contributed by atoms with Crippen LogP contribution in [0.25, 0.3) is 0 Å². The van der Waals surface area contributed by atoms with E-state index in [0.29, 0.717) is 5.92 Å². The first-order valence-electron chi connectivity index (χ1n) is 10.3. The number of hydrogen-bond donors (Lipinski definition) is 2. The van der Waals surface area contributed by atoms with Crippen molar-refractivity contribution in [2.75, 3.05) is 20.7 Å². The Morgan fingerprint density at radius 1 is 1.10 bits per heavy atom. The molecule has 0 radical (unpaired) electrons. The van der Waals surface area contributed by atoms with Crippen molar-refractivity contribution >= 4 is 29.9 Å². The van der Waals surface area contributed by atoms with Gasteiger partial charge in [0.15, 0.2) is 5.96 Å². The summed E-state index contributed by atoms with van der Waals surface area (Å²) in [6.45, 7) is 4.59. The van der Waals surface area contributed by atoms with Gasteiger partial charge in [-0.3, -0.25) is 9.67 Å². The summed E-state index contributed by atoms with van der Waals surface area (Å²) in [6, 6.07) is 18.8. The number of aromatic nitrogens is 2. The Morgan fingerprint density at radius 3 is 2.55 bits per heavy atom. The summed E-state index contributed by atoms with van der Waals surface area (Å²) in [5.74, 6) is 2.16. The summed E-state index contributed by atoms with van der Waals surface area (Å²) in [5.41, 5.74) is 3.76. The molecule has 2 aromatic carbocycles. The number of benzene rings is 2. The molecule has 0 aliphatic carbocycles. The number of nitrogens with zero attached hydrogens (tertiary/aromatic N) is 3. The van der Waals surface area contributed by atoms with Crippen LogP contribution < -0.4 is 15.4 Å². The molecule has 31 heavy (non-hydrogen) atoms. The summed E-state index contributed by atoms with van der Waals surface area (Å²) < 4.78 is 7.16. The van der Waals surface area contributed by atoms with Crippen LogP contribution >= 0.6 is 24.0 Å². The van der Waals surface area contributed by atoms with Crippen molar-refractivity contribution < 1.29 is 4.74 Å². The molecular weight excluding hydrogens is 501 g/mol. The van der Waals surface area contributed by atoms with Crippen molar-refractivity contribution in [1.82, 2.24) is 20.4 Å². The first kappa shape index (κ1) is 24.7. The molecule has 0 spiro atoms. The lowest BCUT2D eigenvalue weighted by atomic mass is 9.98. The summed E-state index contributed by atoms with van der Waals surface area (Å²) >= 11 is 0. The Balaban J connectivity index is 0.00000341. The molecule has 7 heteroatoms. The molecule has 0 bridgehead atoms. The van der Waals surface area contributed by atoms with Crippen molar-refractivity contribution in [2.45, 2.75) is 32.4 Å². The monoisotopic (exact) mass is 533 g/mol. The average molecular weight is 533 g/mol. The van der Waals surface area contributed by atoms with Gasteiger partial charge in [-0.1, -0.05) is 43.3 Å². The Hall–Kier alpha value is -2.55. The molecule has 3 rings (SSSR count). The van der Waals surface area contributed by atoms with Gasteiger partial charge in [0.25, 0.3) is 0 Å². The molecule has 1 unspecified atom stereocenters. The van der Waals surface area contributed by atoms with E-state index < -0.39 is 0 Å². The summed E-state index contributed by atoms with van der Waals surface area (Å²) in [5, 5.41) is 11.1. The highest BCUT2D eigenvalue weighted by Crippen LogP contribution is 2.21. The van der Waals surface area contributed by atoms with Crippen molar-refractivity contribution in [3.63, 3.8) is 0 Å². The van der Waals surface area contributed by atoms with Crippen molar-refractivity contribution in [3.05, 3.63) is 83.7 Å². The third-order valence-corrected chi connectivity index (χ3v) is 5.13. The van der Waals surface area contributed by atoms with E-state index >= 15 is 0 Å². The first-order chi connectivity index (χ1) is 14.7. The SMILES string of the molecule is CN=C(NCCC(C)c1ccc(OC)cc1)NCc1cccc(Cn2cccn2)c1.I. The predicted molar refractivity (Wildman–Crippen MR) is 137 cm³/mol. The minimum absolute atomic E-state index is 0. The Morgan fingerprint density at radius 2 is 1.87 bits per heavy atom. The molecule has 6 nitrogen and oxygen atoms in total. The molecule has 0 saturated heterocycles. The third kappa shape index (κ3) is 7.90. The Kier molecular flexibility index (Phi) is 10.4. The average Bonchev–Trinajstić information content (AvgIpc) is 3.29. The van der Waals surface area contributed by atoms with Gasteiger partial charge >= 0.3 is 0 Å². The predicted octanol–water partition coefficient (Wildman–Crippen LogP) is 4.42. The quantitative estimate of drug-likeness (QED) is 0.243. The molecule has 2 N–H and O–H groups in total. The van der Waals surface area contributed by atoms with Gasteiger partial charge in [0.2, 0.25) is 0 Å². The fourth-order valence-corrected chi connectivity index (χ4v) is 3.33. The van der Waals surface area contributed by atoms with Gasteiger partial charge in [-0.25, -0.2) is 0 Å². The van der Waals surface area contributed by atoms with E-state index in [0.717, 1.165) is 37.8 Å². The van der Waals surface area contributed by atoms with Gasteiger partial charge in [-0.15, -0.1) is 24.0 Å². The number of guanidine groups is 1. The molecule has 0 amide bonds. The molecule has 3 aromatic rings. The zero-order valence-electron chi connectivity index (χ0n) is 18.4. The highest BCUT2D eigenvalue weighted by Gasteiger charge is 2.07. The molecule has 1 atom stereocenters. The first-order valence-corrected chi connectivity index (χ1v) is 10.3. The third-order valence-electron chi connectivity index (χ3n) is 5.13. The second-order valence-electron chi connectivity index (χ2n) is 7.34. The number of halogens is 1. The number of rotatable bonds is 9.